The van der Waals surface area contributed by atoms with Crippen molar-refractivity contribution in [3.63, 3.8) is 0 Å². The third-order valence-electron chi connectivity index (χ3n) is 5.48. The number of halogens is 2. The van der Waals surface area contributed by atoms with Crippen molar-refractivity contribution in [3.05, 3.63) is 71.1 Å². The first-order chi connectivity index (χ1) is 15.5. The summed E-state index contributed by atoms with van der Waals surface area (Å²) in [5.74, 6) is -1.34. The highest BCUT2D eigenvalue weighted by atomic mass is 35.5. The van der Waals surface area contributed by atoms with Gasteiger partial charge in [-0.25, -0.2) is 9.07 Å². The topological polar surface area (TPSA) is 64.4 Å². The van der Waals surface area contributed by atoms with Crippen LogP contribution in [0, 0.1) is 11.7 Å². The first-order valence-corrected chi connectivity index (χ1v) is 10.9. The van der Waals surface area contributed by atoms with Gasteiger partial charge < -0.3 is 9.64 Å². The Morgan fingerprint density at radius 2 is 1.94 bits per heavy atom. The molecule has 1 aliphatic heterocycles. The Bertz CT molecular complexity index is 1130. The molecule has 1 atom stereocenters. The van der Waals surface area contributed by atoms with Crippen LogP contribution in [-0.2, 0) is 9.53 Å². The highest BCUT2D eigenvalue weighted by Crippen LogP contribution is 2.27. The molecule has 0 radical (unpaired) electrons. The lowest BCUT2D eigenvalue weighted by molar-refractivity contribution is -0.149. The van der Waals surface area contributed by atoms with Gasteiger partial charge in [-0.05, 0) is 62.2 Å². The summed E-state index contributed by atoms with van der Waals surface area (Å²) >= 11 is 6.02. The minimum absolute atomic E-state index is 0.274. The summed E-state index contributed by atoms with van der Waals surface area (Å²) in [5.41, 5.74) is 1.56. The number of esters is 1. The van der Waals surface area contributed by atoms with E-state index >= 15 is 0 Å². The highest BCUT2D eigenvalue weighted by molar-refractivity contribution is 6.30. The number of nitrogens with zero attached hydrogens (tertiary/aromatic N) is 3. The Hall–Kier alpha value is -3.19. The van der Waals surface area contributed by atoms with E-state index in [1.54, 1.807) is 60.4 Å². The van der Waals surface area contributed by atoms with Crippen molar-refractivity contribution in [2.24, 2.45) is 5.92 Å². The maximum atomic E-state index is 14.4. The average Bonchev–Trinajstić information content (AvgIpc) is 3.25. The molecule has 1 aromatic heterocycles. The predicted octanol–water partition coefficient (Wildman–Crippen LogP) is 4.75. The zero-order valence-electron chi connectivity index (χ0n) is 17.6. The molecule has 32 heavy (non-hydrogen) atoms. The summed E-state index contributed by atoms with van der Waals surface area (Å²) in [6, 6.07) is 14.8. The molecular formula is C24H23ClFN3O3. The van der Waals surface area contributed by atoms with Gasteiger partial charge in [-0.3, -0.25) is 9.59 Å². The number of benzene rings is 2. The van der Waals surface area contributed by atoms with Gasteiger partial charge in [-0.15, -0.1) is 0 Å². The number of aromatic nitrogens is 2. The maximum absolute atomic E-state index is 14.4. The monoisotopic (exact) mass is 455 g/mol. The molecule has 3 aromatic rings. The SMILES string of the molecule is CCOC(=O)C1CCCN(C(=O)c2cc(-c3ccccc3F)nn2-c2ccc(Cl)cc2)C1. The Morgan fingerprint density at radius 1 is 1.19 bits per heavy atom. The van der Waals surface area contributed by atoms with E-state index in [9.17, 15) is 14.0 Å². The van der Waals surface area contributed by atoms with Crippen molar-refractivity contribution in [3.8, 4) is 16.9 Å². The van der Waals surface area contributed by atoms with Gasteiger partial charge in [0, 0.05) is 23.7 Å². The quantitative estimate of drug-likeness (QED) is 0.521. The Labute approximate surface area is 190 Å². The molecule has 1 amide bonds. The second-order valence-electron chi connectivity index (χ2n) is 7.63. The van der Waals surface area contributed by atoms with Gasteiger partial charge >= 0.3 is 5.97 Å². The number of hydrogen-bond acceptors (Lipinski definition) is 4. The van der Waals surface area contributed by atoms with Crippen LogP contribution in [0.2, 0.25) is 5.02 Å². The third kappa shape index (κ3) is 4.53. The number of carbonyl (C=O) groups is 2. The third-order valence-corrected chi connectivity index (χ3v) is 5.73. The molecule has 1 unspecified atom stereocenters. The molecule has 0 bridgehead atoms. The fourth-order valence-electron chi connectivity index (χ4n) is 3.89. The first-order valence-electron chi connectivity index (χ1n) is 10.5. The second-order valence-corrected chi connectivity index (χ2v) is 8.06. The van der Waals surface area contributed by atoms with Crippen LogP contribution in [0.4, 0.5) is 4.39 Å². The summed E-state index contributed by atoms with van der Waals surface area (Å²) < 4.78 is 21.1. The van der Waals surface area contributed by atoms with Crippen molar-refractivity contribution in [2.45, 2.75) is 19.8 Å². The van der Waals surface area contributed by atoms with Crippen molar-refractivity contribution in [1.29, 1.82) is 0 Å². The molecule has 0 aliphatic carbocycles. The molecule has 0 saturated carbocycles. The van der Waals surface area contributed by atoms with Crippen LogP contribution >= 0.6 is 11.6 Å². The van der Waals surface area contributed by atoms with E-state index in [0.717, 1.165) is 0 Å². The second kappa shape index (κ2) is 9.53. The minimum Gasteiger partial charge on any atom is -0.466 e. The number of hydrogen-bond donors (Lipinski definition) is 0. The van der Waals surface area contributed by atoms with Gasteiger partial charge in [0.1, 0.15) is 11.5 Å². The number of piperidine rings is 1. The van der Waals surface area contributed by atoms with Gasteiger partial charge in [0.15, 0.2) is 0 Å². The lowest BCUT2D eigenvalue weighted by Crippen LogP contribution is -2.43. The lowest BCUT2D eigenvalue weighted by atomic mass is 9.98. The van der Waals surface area contributed by atoms with E-state index in [2.05, 4.69) is 5.10 Å². The van der Waals surface area contributed by atoms with E-state index in [4.69, 9.17) is 16.3 Å². The zero-order chi connectivity index (χ0) is 22.7. The molecule has 2 aromatic carbocycles. The van der Waals surface area contributed by atoms with Crippen LogP contribution < -0.4 is 0 Å². The number of carbonyl (C=O) groups excluding carboxylic acids is 2. The van der Waals surface area contributed by atoms with Gasteiger partial charge in [0.05, 0.1) is 23.9 Å². The lowest BCUT2D eigenvalue weighted by Gasteiger charge is -2.31. The molecule has 2 heterocycles. The summed E-state index contributed by atoms with van der Waals surface area (Å²) in [6.07, 6.45) is 1.38. The van der Waals surface area contributed by atoms with Crippen LogP contribution in [0.1, 0.15) is 30.3 Å². The van der Waals surface area contributed by atoms with Crippen molar-refractivity contribution in [2.75, 3.05) is 19.7 Å². The van der Waals surface area contributed by atoms with Crippen molar-refractivity contribution >= 4 is 23.5 Å². The number of rotatable bonds is 5. The normalized spacial score (nSPS) is 16.1. The standard InChI is InChI=1S/C24H23ClFN3O3/c1-2-32-24(31)16-6-5-13-28(15-16)23(30)22-14-21(19-7-3-4-8-20(19)26)27-29(22)18-11-9-17(25)10-12-18/h3-4,7-12,14,16H,2,5-6,13,15H2,1H3. The van der Waals surface area contributed by atoms with E-state index in [1.165, 1.54) is 10.7 Å². The molecular weight excluding hydrogens is 433 g/mol. The Kier molecular flexibility index (Phi) is 6.55. The van der Waals surface area contributed by atoms with Gasteiger partial charge in [-0.1, -0.05) is 23.7 Å². The fourth-order valence-corrected chi connectivity index (χ4v) is 4.02. The highest BCUT2D eigenvalue weighted by Gasteiger charge is 2.32. The fraction of sp³-hybridized carbons (Fsp3) is 0.292. The largest absolute Gasteiger partial charge is 0.466 e. The minimum atomic E-state index is -0.424. The number of amides is 1. The molecule has 8 heteroatoms. The van der Waals surface area contributed by atoms with Crippen molar-refractivity contribution in [1.82, 2.24) is 14.7 Å². The number of likely N-dealkylation sites (tertiary alicyclic amines) is 1. The van der Waals surface area contributed by atoms with Gasteiger partial charge in [0.2, 0.25) is 0 Å². The van der Waals surface area contributed by atoms with E-state index < -0.39 is 5.82 Å². The first kappa shape index (κ1) is 22.0. The van der Waals surface area contributed by atoms with Crippen molar-refractivity contribution < 1.29 is 18.7 Å². The van der Waals surface area contributed by atoms with E-state index in [0.29, 0.717) is 48.0 Å². The van der Waals surface area contributed by atoms with Crippen LogP contribution in [0.25, 0.3) is 16.9 Å². The summed E-state index contributed by atoms with van der Waals surface area (Å²) in [4.78, 5) is 27.4. The zero-order valence-corrected chi connectivity index (χ0v) is 18.4. The maximum Gasteiger partial charge on any atom is 0.310 e. The van der Waals surface area contributed by atoms with E-state index in [1.807, 2.05) is 0 Å². The average molecular weight is 456 g/mol. The van der Waals surface area contributed by atoms with Crippen LogP contribution in [0.5, 0.6) is 0 Å². The van der Waals surface area contributed by atoms with Crippen LogP contribution in [-0.4, -0.2) is 46.3 Å². The summed E-state index contributed by atoms with van der Waals surface area (Å²) in [7, 11) is 0. The summed E-state index contributed by atoms with van der Waals surface area (Å²) in [6.45, 7) is 2.87. The van der Waals surface area contributed by atoms with Gasteiger partial charge in [0.25, 0.3) is 5.91 Å². The van der Waals surface area contributed by atoms with Crippen LogP contribution in [0.3, 0.4) is 0 Å². The molecule has 1 saturated heterocycles. The molecule has 4 rings (SSSR count). The number of ether oxygens (including phenoxy) is 1. The molecule has 6 nitrogen and oxygen atoms in total. The smallest absolute Gasteiger partial charge is 0.310 e. The Morgan fingerprint density at radius 3 is 2.66 bits per heavy atom. The van der Waals surface area contributed by atoms with E-state index in [-0.39, 0.29) is 30.0 Å². The van der Waals surface area contributed by atoms with Gasteiger partial charge in [-0.2, -0.15) is 5.10 Å². The molecule has 0 N–H and O–H groups in total. The van der Waals surface area contributed by atoms with Crippen LogP contribution in [0.15, 0.2) is 54.6 Å². The molecule has 166 valence electrons. The molecule has 1 fully saturated rings. The predicted molar refractivity (Wildman–Crippen MR) is 119 cm³/mol. The Balaban J connectivity index is 1.71. The molecule has 1 aliphatic rings. The molecule has 0 spiro atoms. The summed E-state index contributed by atoms with van der Waals surface area (Å²) in [5, 5.41) is 5.09.